The third-order valence-electron chi connectivity index (χ3n) is 8.36. The maximum Gasteiger partial charge on any atom is 0.230 e. The van der Waals surface area contributed by atoms with E-state index in [9.17, 15) is 9.65 Å². The number of piperidine rings is 2. The molecule has 3 aliphatic rings. The highest BCUT2D eigenvalue weighted by atomic mass is 19.1. The van der Waals surface area contributed by atoms with Crippen LogP contribution >= 0.6 is 0 Å². The van der Waals surface area contributed by atoms with Crippen molar-refractivity contribution in [1.29, 1.82) is 5.26 Å². The quantitative estimate of drug-likeness (QED) is 0.402. The number of hydrogen-bond donors (Lipinski definition) is 2. The van der Waals surface area contributed by atoms with Crippen LogP contribution in [0.3, 0.4) is 0 Å². The Morgan fingerprint density at radius 3 is 2.65 bits per heavy atom. The summed E-state index contributed by atoms with van der Waals surface area (Å²) in [6.45, 7) is 6.56. The van der Waals surface area contributed by atoms with Gasteiger partial charge >= 0.3 is 0 Å². The number of alkyl halides is 1. The number of anilines is 3. The van der Waals surface area contributed by atoms with Gasteiger partial charge in [0.2, 0.25) is 5.95 Å². The highest BCUT2D eigenvalue weighted by Gasteiger charge is 2.28. The fraction of sp³-hybridized carbons (Fsp3) is 0.484. The summed E-state index contributed by atoms with van der Waals surface area (Å²) in [6, 6.07) is 13.9. The molecule has 3 saturated heterocycles. The largest absolute Gasteiger partial charge is 0.495 e. The first-order chi connectivity index (χ1) is 21.1. The number of benzene rings is 2. The smallest absolute Gasteiger partial charge is 0.230 e. The lowest BCUT2D eigenvalue weighted by atomic mass is 10.0. The first kappa shape index (κ1) is 29.0. The first-order valence-corrected chi connectivity index (χ1v) is 14.9. The summed E-state index contributed by atoms with van der Waals surface area (Å²) in [5.41, 5.74) is 2.78. The fourth-order valence-corrected chi connectivity index (χ4v) is 6.01. The summed E-state index contributed by atoms with van der Waals surface area (Å²) >= 11 is 0. The molecule has 2 atom stereocenters. The number of rotatable bonds is 8. The Labute approximate surface area is 251 Å². The average Bonchev–Trinajstić information content (AvgIpc) is 3.06. The van der Waals surface area contributed by atoms with Gasteiger partial charge in [-0.25, -0.2) is 14.4 Å². The Balaban J connectivity index is 1.12. The molecule has 6 rings (SSSR count). The fourth-order valence-electron chi connectivity index (χ4n) is 6.01. The van der Waals surface area contributed by atoms with Crippen molar-refractivity contribution in [3.63, 3.8) is 0 Å². The lowest BCUT2D eigenvalue weighted by Gasteiger charge is -2.41. The predicted molar refractivity (Wildman–Crippen MR) is 161 cm³/mol. The SMILES string of the molecule is COc1cc(Nc2ncnc(-c3ccc(O[C@H]4CCNC[C@@H]4F)c(C#N)c3)n2)ccc1N1CCC(N2CCOCC2)CC1. The number of hydrogen-bond acceptors (Lipinski definition) is 11. The molecule has 2 aromatic carbocycles. The maximum absolute atomic E-state index is 14.3. The van der Waals surface area contributed by atoms with E-state index >= 15 is 0 Å². The summed E-state index contributed by atoms with van der Waals surface area (Å²) in [4.78, 5) is 18.1. The Morgan fingerprint density at radius 1 is 1.05 bits per heavy atom. The summed E-state index contributed by atoms with van der Waals surface area (Å²) in [7, 11) is 1.68. The van der Waals surface area contributed by atoms with Gasteiger partial charge in [0.15, 0.2) is 5.82 Å². The van der Waals surface area contributed by atoms with Crippen molar-refractivity contribution in [3.05, 3.63) is 48.3 Å². The van der Waals surface area contributed by atoms with Gasteiger partial charge < -0.3 is 29.7 Å². The average molecular weight is 589 g/mol. The van der Waals surface area contributed by atoms with Crippen LogP contribution in [0, 0.1) is 11.3 Å². The second-order valence-corrected chi connectivity index (χ2v) is 11.0. The van der Waals surface area contributed by atoms with Crippen LogP contribution in [0.5, 0.6) is 11.5 Å². The van der Waals surface area contributed by atoms with Gasteiger partial charge in [-0.1, -0.05) is 0 Å². The van der Waals surface area contributed by atoms with Crippen LogP contribution in [0.15, 0.2) is 42.7 Å². The second-order valence-electron chi connectivity index (χ2n) is 11.0. The summed E-state index contributed by atoms with van der Waals surface area (Å²) in [5, 5.41) is 16.0. The molecule has 2 N–H and O–H groups in total. The molecule has 0 bridgehead atoms. The lowest BCUT2D eigenvalue weighted by molar-refractivity contribution is 0.0115. The highest BCUT2D eigenvalue weighted by Crippen LogP contribution is 2.35. The van der Waals surface area contributed by atoms with E-state index in [1.165, 1.54) is 6.33 Å². The van der Waals surface area contributed by atoms with Crippen LogP contribution in [-0.2, 0) is 4.74 Å². The number of morpholine rings is 1. The Bertz CT molecular complexity index is 1440. The molecular weight excluding hydrogens is 551 g/mol. The normalized spacial score (nSPS) is 21.7. The zero-order valence-electron chi connectivity index (χ0n) is 24.3. The van der Waals surface area contributed by atoms with Gasteiger partial charge in [0.25, 0.3) is 0 Å². The molecule has 0 amide bonds. The van der Waals surface area contributed by atoms with Crippen molar-refractivity contribution in [2.45, 2.75) is 37.6 Å². The minimum absolute atomic E-state index is 0.244. The van der Waals surface area contributed by atoms with Gasteiger partial charge in [-0.2, -0.15) is 10.2 Å². The van der Waals surface area contributed by atoms with Crippen molar-refractivity contribution >= 4 is 17.3 Å². The number of nitriles is 1. The monoisotopic (exact) mass is 588 g/mol. The number of nitrogens with zero attached hydrogens (tertiary/aromatic N) is 6. The van der Waals surface area contributed by atoms with Gasteiger partial charge in [0.1, 0.15) is 36.2 Å². The lowest BCUT2D eigenvalue weighted by Crippen LogP contribution is -2.49. The van der Waals surface area contributed by atoms with Crippen molar-refractivity contribution in [1.82, 2.24) is 25.2 Å². The third kappa shape index (κ3) is 6.80. The van der Waals surface area contributed by atoms with Gasteiger partial charge in [-0.3, -0.25) is 4.90 Å². The van der Waals surface area contributed by atoms with Crippen LogP contribution < -0.4 is 25.0 Å². The number of methoxy groups -OCH3 is 1. The molecule has 0 saturated carbocycles. The Kier molecular flexibility index (Phi) is 9.12. The number of aromatic nitrogens is 3. The second kappa shape index (κ2) is 13.5. The molecule has 4 heterocycles. The van der Waals surface area contributed by atoms with Crippen LogP contribution in [-0.4, -0.2) is 97.8 Å². The van der Waals surface area contributed by atoms with Gasteiger partial charge in [0, 0.05) is 56.1 Å². The standard InChI is InChI=1S/C31H37FN8O3/c1-41-29-17-23(3-4-26(29)40-10-7-24(8-11-40)39-12-14-42-15-13-39)37-31-36-20-35-30(38-31)21-2-5-27(22(16-21)18-33)43-28-6-9-34-19-25(28)32/h2-5,16-17,20,24-25,28,34H,6-15,19H2,1H3,(H,35,36,37,38)/t25-,28-/m0/s1. The molecule has 3 aliphatic heterocycles. The van der Waals surface area contributed by atoms with E-state index in [4.69, 9.17) is 14.2 Å². The molecule has 0 spiro atoms. The molecule has 0 aliphatic carbocycles. The zero-order valence-corrected chi connectivity index (χ0v) is 24.3. The van der Waals surface area contributed by atoms with E-state index in [0.29, 0.717) is 47.7 Å². The topological polar surface area (TPSA) is 121 Å². The molecule has 0 radical (unpaired) electrons. The predicted octanol–water partition coefficient (Wildman–Crippen LogP) is 3.54. The summed E-state index contributed by atoms with van der Waals surface area (Å²) in [5.74, 6) is 1.89. The Hall–Kier alpha value is -4.05. The summed E-state index contributed by atoms with van der Waals surface area (Å²) < 4.78 is 31.4. The van der Waals surface area contributed by atoms with Crippen LogP contribution in [0.1, 0.15) is 24.8 Å². The van der Waals surface area contributed by atoms with Gasteiger partial charge in [0.05, 0.1) is 31.6 Å². The molecule has 226 valence electrons. The van der Waals surface area contributed by atoms with Crippen molar-refractivity contribution in [3.8, 4) is 29.0 Å². The molecule has 43 heavy (non-hydrogen) atoms. The number of ether oxygens (including phenoxy) is 3. The van der Waals surface area contributed by atoms with Gasteiger partial charge in [-0.15, -0.1) is 0 Å². The van der Waals surface area contributed by atoms with E-state index in [0.717, 1.165) is 69.4 Å². The molecule has 12 heteroatoms. The minimum atomic E-state index is -1.13. The van der Waals surface area contributed by atoms with E-state index < -0.39 is 12.3 Å². The van der Waals surface area contributed by atoms with Crippen LogP contribution in [0.2, 0.25) is 0 Å². The Morgan fingerprint density at radius 2 is 1.88 bits per heavy atom. The van der Waals surface area contributed by atoms with E-state index in [1.54, 1.807) is 25.3 Å². The zero-order chi connectivity index (χ0) is 29.6. The van der Waals surface area contributed by atoms with Crippen molar-refractivity contribution in [2.24, 2.45) is 0 Å². The molecular formula is C31H37FN8O3. The highest BCUT2D eigenvalue weighted by molar-refractivity contribution is 5.68. The van der Waals surface area contributed by atoms with E-state index in [2.05, 4.69) is 47.5 Å². The number of halogens is 1. The van der Waals surface area contributed by atoms with Gasteiger partial charge in [-0.05, 0) is 56.1 Å². The number of nitrogens with one attached hydrogen (secondary N) is 2. The molecule has 0 unspecified atom stereocenters. The molecule has 11 nitrogen and oxygen atoms in total. The maximum atomic E-state index is 14.3. The van der Waals surface area contributed by atoms with E-state index in [1.807, 2.05) is 12.1 Å². The molecule has 1 aromatic heterocycles. The minimum Gasteiger partial charge on any atom is -0.495 e. The van der Waals surface area contributed by atoms with Crippen LogP contribution in [0.4, 0.5) is 21.7 Å². The van der Waals surface area contributed by atoms with Crippen molar-refractivity contribution in [2.75, 3.05) is 69.8 Å². The van der Waals surface area contributed by atoms with Crippen molar-refractivity contribution < 1.29 is 18.6 Å². The summed E-state index contributed by atoms with van der Waals surface area (Å²) in [6.07, 6.45) is 2.48. The third-order valence-corrected chi connectivity index (χ3v) is 8.36. The first-order valence-electron chi connectivity index (χ1n) is 14.9. The molecule has 3 fully saturated rings. The van der Waals surface area contributed by atoms with Crippen LogP contribution in [0.25, 0.3) is 11.4 Å². The molecule has 3 aromatic rings. The van der Waals surface area contributed by atoms with E-state index in [-0.39, 0.29) is 6.54 Å².